The molecule has 1 aliphatic carbocycles. The van der Waals surface area contributed by atoms with Crippen LogP contribution in [0.25, 0.3) is 0 Å². The highest BCUT2D eigenvalue weighted by molar-refractivity contribution is 5.92. The number of phenolic OH excluding ortho intramolecular Hbond substituents is 1. The van der Waals surface area contributed by atoms with Gasteiger partial charge in [0.15, 0.2) is 0 Å². The summed E-state index contributed by atoms with van der Waals surface area (Å²) in [6.07, 6.45) is 5.52. The molecule has 1 aromatic rings. The number of hydrogen-bond acceptors (Lipinski definition) is 2. The molecule has 0 aromatic heterocycles. The number of amides is 1. The third-order valence-corrected chi connectivity index (χ3v) is 3.45. The van der Waals surface area contributed by atoms with Crippen LogP contribution in [0.3, 0.4) is 0 Å². The predicted molar refractivity (Wildman–Crippen MR) is 68.0 cm³/mol. The Hall–Kier alpha value is -1.51. The van der Waals surface area contributed by atoms with Gasteiger partial charge in [-0.15, -0.1) is 0 Å². The lowest BCUT2D eigenvalue weighted by Crippen LogP contribution is -2.24. The summed E-state index contributed by atoms with van der Waals surface area (Å²) in [5.74, 6) is 0.464. The van der Waals surface area contributed by atoms with Gasteiger partial charge >= 0.3 is 0 Å². The second kappa shape index (κ2) is 5.21. The molecule has 1 amide bonds. The van der Waals surface area contributed by atoms with Crippen molar-refractivity contribution in [2.24, 2.45) is 5.92 Å². The van der Waals surface area contributed by atoms with Gasteiger partial charge in [0.2, 0.25) is 5.91 Å². The lowest BCUT2D eigenvalue weighted by atomic mass is 9.88. The minimum Gasteiger partial charge on any atom is -0.508 e. The van der Waals surface area contributed by atoms with Crippen LogP contribution in [0.5, 0.6) is 5.75 Å². The van der Waals surface area contributed by atoms with Crippen LogP contribution in [-0.2, 0) is 4.79 Å². The van der Waals surface area contributed by atoms with Gasteiger partial charge in [0.1, 0.15) is 5.75 Å². The summed E-state index contributed by atoms with van der Waals surface area (Å²) in [5, 5.41) is 12.5. The Kier molecular flexibility index (Phi) is 3.67. The number of nitrogens with one attached hydrogen (secondary N) is 1. The van der Waals surface area contributed by atoms with Crippen LogP contribution in [0, 0.1) is 12.8 Å². The highest BCUT2D eigenvalue weighted by Crippen LogP contribution is 2.26. The molecule has 1 saturated carbocycles. The zero-order valence-corrected chi connectivity index (χ0v) is 10.2. The van der Waals surface area contributed by atoms with Crippen molar-refractivity contribution in [1.29, 1.82) is 0 Å². The third-order valence-electron chi connectivity index (χ3n) is 3.45. The molecule has 0 aliphatic heterocycles. The Morgan fingerprint density at radius 1 is 1.29 bits per heavy atom. The van der Waals surface area contributed by atoms with Crippen molar-refractivity contribution in [3.05, 3.63) is 23.8 Å². The lowest BCUT2D eigenvalue weighted by Gasteiger charge is -2.20. The molecular formula is C14H19NO2. The first-order chi connectivity index (χ1) is 8.16. The molecule has 3 nitrogen and oxygen atoms in total. The topological polar surface area (TPSA) is 49.3 Å². The average molecular weight is 233 g/mol. The van der Waals surface area contributed by atoms with Crippen molar-refractivity contribution < 1.29 is 9.90 Å². The van der Waals surface area contributed by atoms with E-state index in [4.69, 9.17) is 0 Å². The van der Waals surface area contributed by atoms with Crippen molar-refractivity contribution in [2.45, 2.75) is 39.0 Å². The van der Waals surface area contributed by atoms with Crippen LogP contribution in [-0.4, -0.2) is 11.0 Å². The number of hydrogen-bond donors (Lipinski definition) is 2. The van der Waals surface area contributed by atoms with E-state index in [2.05, 4.69) is 5.32 Å². The highest BCUT2D eigenvalue weighted by atomic mass is 16.3. The molecule has 2 rings (SSSR count). The van der Waals surface area contributed by atoms with Gasteiger partial charge in [-0.2, -0.15) is 0 Å². The van der Waals surface area contributed by atoms with Gasteiger partial charge < -0.3 is 10.4 Å². The second-order valence-electron chi connectivity index (χ2n) is 4.83. The molecule has 1 fully saturated rings. The maximum absolute atomic E-state index is 12.0. The van der Waals surface area contributed by atoms with Crippen LogP contribution in [0.2, 0.25) is 0 Å². The Morgan fingerprint density at radius 3 is 2.65 bits per heavy atom. The van der Waals surface area contributed by atoms with Gasteiger partial charge in [0.05, 0.1) is 0 Å². The molecular weight excluding hydrogens is 214 g/mol. The Bertz CT molecular complexity index is 409. The number of phenols is 1. The predicted octanol–water partition coefficient (Wildman–Crippen LogP) is 3.22. The Balaban J connectivity index is 1.99. The van der Waals surface area contributed by atoms with E-state index in [-0.39, 0.29) is 17.6 Å². The largest absolute Gasteiger partial charge is 0.508 e. The molecule has 0 saturated heterocycles. The van der Waals surface area contributed by atoms with E-state index in [9.17, 15) is 9.90 Å². The molecule has 1 aromatic carbocycles. The minimum absolute atomic E-state index is 0.0907. The molecule has 0 heterocycles. The monoisotopic (exact) mass is 233 g/mol. The van der Waals surface area contributed by atoms with Gasteiger partial charge in [-0.05, 0) is 31.4 Å². The Labute approximate surface area is 102 Å². The molecule has 17 heavy (non-hydrogen) atoms. The van der Waals surface area contributed by atoms with E-state index in [0.29, 0.717) is 5.69 Å². The molecule has 92 valence electrons. The summed E-state index contributed by atoms with van der Waals surface area (Å²) in [6.45, 7) is 1.84. The maximum Gasteiger partial charge on any atom is 0.227 e. The van der Waals surface area contributed by atoms with Crippen LogP contribution >= 0.6 is 0 Å². The normalized spacial score (nSPS) is 16.8. The SMILES string of the molecule is Cc1ccc(NC(=O)C2CCCCC2)cc1O. The summed E-state index contributed by atoms with van der Waals surface area (Å²) in [6, 6.07) is 5.25. The zero-order chi connectivity index (χ0) is 12.3. The van der Waals surface area contributed by atoms with E-state index in [1.165, 1.54) is 6.42 Å². The number of rotatable bonds is 2. The van der Waals surface area contributed by atoms with Gasteiger partial charge in [-0.25, -0.2) is 0 Å². The van der Waals surface area contributed by atoms with E-state index in [0.717, 1.165) is 31.2 Å². The van der Waals surface area contributed by atoms with E-state index < -0.39 is 0 Å². The van der Waals surface area contributed by atoms with E-state index in [1.54, 1.807) is 6.07 Å². The number of aryl methyl sites for hydroxylation is 1. The van der Waals surface area contributed by atoms with Crippen molar-refractivity contribution in [2.75, 3.05) is 5.32 Å². The second-order valence-corrected chi connectivity index (χ2v) is 4.83. The zero-order valence-electron chi connectivity index (χ0n) is 10.2. The number of aromatic hydroxyl groups is 1. The summed E-state index contributed by atoms with van der Waals surface area (Å²) < 4.78 is 0. The lowest BCUT2D eigenvalue weighted by molar-refractivity contribution is -0.120. The van der Waals surface area contributed by atoms with Crippen molar-refractivity contribution in [3.63, 3.8) is 0 Å². The smallest absolute Gasteiger partial charge is 0.227 e. The average Bonchev–Trinajstić information content (AvgIpc) is 2.35. The van der Waals surface area contributed by atoms with Gasteiger partial charge in [0.25, 0.3) is 0 Å². The van der Waals surface area contributed by atoms with Crippen molar-refractivity contribution in [1.82, 2.24) is 0 Å². The van der Waals surface area contributed by atoms with E-state index in [1.807, 2.05) is 19.1 Å². The summed E-state index contributed by atoms with van der Waals surface area (Å²) in [4.78, 5) is 12.0. The van der Waals surface area contributed by atoms with Gasteiger partial charge in [0, 0.05) is 17.7 Å². The van der Waals surface area contributed by atoms with Crippen LogP contribution in [0.4, 0.5) is 5.69 Å². The molecule has 1 aliphatic rings. The number of benzene rings is 1. The molecule has 0 atom stereocenters. The first-order valence-electron chi connectivity index (χ1n) is 6.27. The quantitative estimate of drug-likeness (QED) is 0.824. The minimum atomic E-state index is 0.0907. The number of carbonyl (C=O) groups is 1. The summed E-state index contributed by atoms with van der Waals surface area (Å²) in [5.41, 5.74) is 1.50. The van der Waals surface area contributed by atoms with Crippen LogP contribution in [0.15, 0.2) is 18.2 Å². The Morgan fingerprint density at radius 2 is 2.00 bits per heavy atom. The fraction of sp³-hybridized carbons (Fsp3) is 0.500. The fourth-order valence-corrected chi connectivity index (χ4v) is 2.30. The first-order valence-corrected chi connectivity index (χ1v) is 6.27. The summed E-state index contributed by atoms with van der Waals surface area (Å²) in [7, 11) is 0. The number of anilines is 1. The van der Waals surface area contributed by atoms with E-state index >= 15 is 0 Å². The number of carbonyl (C=O) groups excluding carboxylic acids is 1. The first kappa shape index (κ1) is 12.0. The van der Waals surface area contributed by atoms with Crippen LogP contribution < -0.4 is 5.32 Å². The third kappa shape index (κ3) is 2.99. The molecule has 3 heteroatoms. The standard InChI is InChI=1S/C14H19NO2/c1-10-7-8-12(9-13(10)16)15-14(17)11-5-3-2-4-6-11/h7-9,11,16H,2-6H2,1H3,(H,15,17). The van der Waals surface area contributed by atoms with Crippen molar-refractivity contribution >= 4 is 11.6 Å². The van der Waals surface area contributed by atoms with Gasteiger partial charge in [-0.3, -0.25) is 4.79 Å². The molecule has 0 radical (unpaired) electrons. The highest BCUT2D eigenvalue weighted by Gasteiger charge is 2.21. The molecule has 2 N–H and O–H groups in total. The van der Waals surface area contributed by atoms with Crippen LogP contribution in [0.1, 0.15) is 37.7 Å². The fourth-order valence-electron chi connectivity index (χ4n) is 2.30. The summed E-state index contributed by atoms with van der Waals surface area (Å²) >= 11 is 0. The molecule has 0 unspecified atom stereocenters. The molecule has 0 bridgehead atoms. The molecule has 0 spiro atoms. The van der Waals surface area contributed by atoms with Crippen molar-refractivity contribution in [3.8, 4) is 5.75 Å². The maximum atomic E-state index is 12.0. The van der Waals surface area contributed by atoms with Gasteiger partial charge in [-0.1, -0.05) is 25.3 Å².